The summed E-state index contributed by atoms with van der Waals surface area (Å²) in [6, 6.07) is 9.03. The molecule has 2 saturated carbocycles. The molecule has 2 aliphatic carbocycles. The van der Waals surface area contributed by atoms with Crippen molar-refractivity contribution in [2.45, 2.75) is 49.5 Å². The molecular formula is C22H24F2N2O2. The van der Waals surface area contributed by atoms with Crippen LogP contribution < -0.4 is 5.73 Å². The number of rotatable bonds is 6. The minimum absolute atomic E-state index is 0.350. The first-order valence-corrected chi connectivity index (χ1v) is 9.76. The van der Waals surface area contributed by atoms with Gasteiger partial charge in [-0.2, -0.15) is 0 Å². The van der Waals surface area contributed by atoms with Crippen LogP contribution in [0, 0.1) is 17.6 Å². The third kappa shape index (κ3) is 3.53. The standard InChI is InChI=1S/C22H24F2N2O2/c23-17-5-3-16(4-6-17)21(20(25)27)9-11-22(12-10-21,28-14-15-1-2-15)19-8-7-18(24)13-26-19/h3-8,13,15H,1-2,9-12,14H2,(H2,25,27)/t21-,22-. The lowest BCUT2D eigenvalue weighted by Gasteiger charge is -2.45. The summed E-state index contributed by atoms with van der Waals surface area (Å²) < 4.78 is 33.1. The molecule has 148 valence electrons. The predicted octanol–water partition coefficient (Wildman–Crippen LogP) is 3.98. The van der Waals surface area contributed by atoms with E-state index in [2.05, 4.69) is 4.98 Å². The average Bonchev–Trinajstić information content (AvgIpc) is 3.52. The Bertz CT molecular complexity index is 840. The summed E-state index contributed by atoms with van der Waals surface area (Å²) in [6.45, 7) is 0.638. The van der Waals surface area contributed by atoms with Crippen molar-refractivity contribution in [3.05, 3.63) is 65.5 Å². The van der Waals surface area contributed by atoms with Crippen molar-refractivity contribution >= 4 is 5.91 Å². The average molecular weight is 386 g/mol. The SMILES string of the molecule is NC(=O)[C@]1(c2ccc(F)cc2)CC[C@](OCC2CC2)(c2ccc(F)cn2)CC1. The van der Waals surface area contributed by atoms with Crippen LogP contribution in [-0.2, 0) is 20.5 Å². The third-order valence-electron chi connectivity index (χ3n) is 6.27. The molecule has 6 heteroatoms. The number of nitrogens with two attached hydrogens (primary N) is 1. The zero-order valence-corrected chi connectivity index (χ0v) is 15.7. The normalized spacial score (nSPS) is 27.5. The number of hydrogen-bond acceptors (Lipinski definition) is 3. The van der Waals surface area contributed by atoms with Crippen LogP contribution in [0.5, 0.6) is 0 Å². The van der Waals surface area contributed by atoms with Gasteiger partial charge >= 0.3 is 0 Å². The number of hydrogen-bond donors (Lipinski definition) is 1. The van der Waals surface area contributed by atoms with Crippen molar-refractivity contribution in [1.29, 1.82) is 0 Å². The maximum atomic E-state index is 13.4. The molecular weight excluding hydrogens is 362 g/mol. The molecule has 4 nitrogen and oxygen atoms in total. The highest BCUT2D eigenvalue weighted by Crippen LogP contribution is 2.49. The molecule has 1 amide bonds. The van der Waals surface area contributed by atoms with Crippen LogP contribution >= 0.6 is 0 Å². The van der Waals surface area contributed by atoms with Crippen molar-refractivity contribution in [2.75, 3.05) is 6.61 Å². The van der Waals surface area contributed by atoms with E-state index >= 15 is 0 Å². The minimum atomic E-state index is -0.861. The number of ether oxygens (including phenoxy) is 1. The fraction of sp³-hybridized carbons (Fsp3) is 0.455. The van der Waals surface area contributed by atoms with Crippen molar-refractivity contribution in [3.8, 4) is 0 Å². The quantitative estimate of drug-likeness (QED) is 0.817. The van der Waals surface area contributed by atoms with Gasteiger partial charge in [0.15, 0.2) is 0 Å². The van der Waals surface area contributed by atoms with Gasteiger partial charge in [0, 0.05) is 0 Å². The van der Waals surface area contributed by atoms with E-state index in [-0.39, 0.29) is 5.82 Å². The summed E-state index contributed by atoms with van der Waals surface area (Å²) in [5.74, 6) is -0.592. The molecule has 2 aliphatic rings. The van der Waals surface area contributed by atoms with Crippen molar-refractivity contribution in [3.63, 3.8) is 0 Å². The van der Waals surface area contributed by atoms with Crippen LogP contribution in [0.25, 0.3) is 0 Å². The van der Waals surface area contributed by atoms with E-state index < -0.39 is 22.7 Å². The number of carbonyl (C=O) groups is 1. The Morgan fingerprint density at radius 3 is 2.21 bits per heavy atom. The highest BCUT2D eigenvalue weighted by atomic mass is 19.1. The molecule has 0 aliphatic heterocycles. The second-order valence-corrected chi connectivity index (χ2v) is 8.06. The Balaban J connectivity index is 1.63. The molecule has 0 saturated heterocycles. The number of aromatic nitrogens is 1. The van der Waals surface area contributed by atoms with Crippen LogP contribution in [0.15, 0.2) is 42.6 Å². The molecule has 1 aromatic heterocycles. The summed E-state index contributed by atoms with van der Waals surface area (Å²) in [4.78, 5) is 16.7. The van der Waals surface area contributed by atoms with Crippen LogP contribution in [-0.4, -0.2) is 17.5 Å². The number of amides is 1. The van der Waals surface area contributed by atoms with Gasteiger partial charge < -0.3 is 10.5 Å². The summed E-state index contributed by atoms with van der Waals surface area (Å²) >= 11 is 0. The van der Waals surface area contributed by atoms with Crippen molar-refractivity contribution < 1.29 is 18.3 Å². The fourth-order valence-corrected chi connectivity index (χ4v) is 4.21. The van der Waals surface area contributed by atoms with E-state index in [1.54, 1.807) is 18.2 Å². The number of nitrogens with zero attached hydrogens (tertiary/aromatic N) is 1. The molecule has 2 fully saturated rings. The first kappa shape index (κ1) is 19.0. The first-order chi connectivity index (χ1) is 13.4. The largest absolute Gasteiger partial charge is 0.369 e. The lowest BCUT2D eigenvalue weighted by atomic mass is 9.64. The zero-order chi connectivity index (χ0) is 19.8. The number of benzene rings is 1. The number of carbonyl (C=O) groups excluding carboxylic acids is 1. The topological polar surface area (TPSA) is 65.2 Å². The van der Waals surface area contributed by atoms with Gasteiger partial charge in [0.1, 0.15) is 17.2 Å². The third-order valence-corrected chi connectivity index (χ3v) is 6.27. The lowest BCUT2D eigenvalue weighted by Crippen LogP contribution is -2.49. The molecule has 0 spiro atoms. The van der Waals surface area contributed by atoms with E-state index in [1.165, 1.54) is 24.4 Å². The van der Waals surface area contributed by atoms with Gasteiger partial charge in [0.2, 0.25) is 5.91 Å². The fourth-order valence-electron chi connectivity index (χ4n) is 4.21. The van der Waals surface area contributed by atoms with E-state index in [9.17, 15) is 13.6 Å². The van der Waals surface area contributed by atoms with Gasteiger partial charge in [-0.05, 0) is 74.3 Å². The second-order valence-electron chi connectivity index (χ2n) is 8.06. The molecule has 0 atom stereocenters. The maximum Gasteiger partial charge on any atom is 0.228 e. The lowest BCUT2D eigenvalue weighted by molar-refractivity contribution is -0.132. The van der Waals surface area contributed by atoms with Gasteiger partial charge in [-0.15, -0.1) is 0 Å². The first-order valence-electron chi connectivity index (χ1n) is 9.76. The Labute approximate surface area is 163 Å². The Kier molecular flexibility index (Phi) is 4.91. The van der Waals surface area contributed by atoms with Gasteiger partial charge in [0.25, 0.3) is 0 Å². The molecule has 2 aromatic rings. The molecule has 0 radical (unpaired) electrons. The van der Waals surface area contributed by atoms with Gasteiger partial charge in [-0.3, -0.25) is 9.78 Å². The summed E-state index contributed by atoms with van der Waals surface area (Å²) in [7, 11) is 0. The molecule has 28 heavy (non-hydrogen) atoms. The Hall–Kier alpha value is -2.34. The Morgan fingerprint density at radius 1 is 1.04 bits per heavy atom. The van der Waals surface area contributed by atoms with Crippen LogP contribution in [0.3, 0.4) is 0 Å². The van der Waals surface area contributed by atoms with Crippen LogP contribution in [0.4, 0.5) is 8.78 Å². The summed E-state index contributed by atoms with van der Waals surface area (Å²) in [5.41, 5.74) is 5.71. The van der Waals surface area contributed by atoms with Crippen LogP contribution in [0.2, 0.25) is 0 Å². The van der Waals surface area contributed by atoms with E-state index in [0.717, 1.165) is 18.4 Å². The summed E-state index contributed by atoms with van der Waals surface area (Å²) in [5, 5.41) is 0. The van der Waals surface area contributed by atoms with Gasteiger partial charge in [0.05, 0.1) is 23.9 Å². The number of halogens is 2. The van der Waals surface area contributed by atoms with Gasteiger partial charge in [-0.1, -0.05) is 12.1 Å². The molecule has 4 rings (SSSR count). The molecule has 0 unspecified atom stereocenters. The van der Waals surface area contributed by atoms with E-state index in [1.807, 2.05) is 0 Å². The second kappa shape index (κ2) is 7.24. The summed E-state index contributed by atoms with van der Waals surface area (Å²) in [6.07, 6.45) is 5.54. The predicted molar refractivity (Wildman–Crippen MR) is 100 cm³/mol. The van der Waals surface area contributed by atoms with Crippen molar-refractivity contribution in [2.24, 2.45) is 11.7 Å². The van der Waals surface area contributed by atoms with E-state index in [4.69, 9.17) is 10.5 Å². The highest BCUT2D eigenvalue weighted by Gasteiger charge is 2.49. The van der Waals surface area contributed by atoms with Crippen LogP contribution in [0.1, 0.15) is 49.8 Å². The molecule has 1 aromatic carbocycles. The Morgan fingerprint density at radius 2 is 1.68 bits per heavy atom. The maximum absolute atomic E-state index is 13.4. The number of pyridine rings is 1. The highest BCUT2D eigenvalue weighted by molar-refractivity contribution is 5.87. The zero-order valence-electron chi connectivity index (χ0n) is 15.7. The smallest absolute Gasteiger partial charge is 0.228 e. The molecule has 0 bridgehead atoms. The number of primary amides is 1. The monoisotopic (exact) mass is 386 g/mol. The van der Waals surface area contributed by atoms with Gasteiger partial charge in [-0.25, -0.2) is 8.78 Å². The minimum Gasteiger partial charge on any atom is -0.369 e. The molecule has 1 heterocycles. The van der Waals surface area contributed by atoms with Crippen molar-refractivity contribution in [1.82, 2.24) is 4.98 Å². The molecule has 2 N–H and O–H groups in total. The van der Waals surface area contributed by atoms with E-state index in [0.29, 0.717) is 43.9 Å².